The molecule has 0 unspecified atom stereocenters. The number of nitrogens with one attached hydrogen (secondary N) is 1. The number of aryl methyl sites for hydroxylation is 1. The summed E-state index contributed by atoms with van der Waals surface area (Å²) < 4.78 is 0. The molecule has 0 aromatic heterocycles. The smallest absolute Gasteiger partial charge is 0.270 e. The normalized spacial score (nSPS) is 11.2. The molecule has 0 heterocycles. The minimum atomic E-state index is -0.499. The molecule has 21 heavy (non-hydrogen) atoms. The second-order valence-corrected chi connectivity index (χ2v) is 6.27. The third-order valence-electron chi connectivity index (χ3n) is 3.39. The fourth-order valence-electron chi connectivity index (χ4n) is 2.02. The molecule has 0 radical (unpaired) electrons. The first kappa shape index (κ1) is 17.4. The van der Waals surface area contributed by atoms with Gasteiger partial charge in [0, 0.05) is 30.1 Å². The van der Waals surface area contributed by atoms with Crippen LogP contribution in [-0.4, -0.2) is 23.3 Å². The van der Waals surface area contributed by atoms with Crippen molar-refractivity contribution in [2.24, 2.45) is 5.41 Å². The number of hydrogen-bond donors (Lipinski definition) is 1. The first-order valence-electron chi connectivity index (χ1n) is 6.86. The van der Waals surface area contributed by atoms with Crippen LogP contribution in [0.15, 0.2) is 18.2 Å². The molecule has 116 valence electrons. The molecule has 1 aromatic carbocycles. The minimum Gasteiger partial charge on any atom is -0.351 e. The van der Waals surface area contributed by atoms with Crippen molar-refractivity contribution >= 4 is 23.2 Å². The number of non-ortho nitro benzene ring substituents is 1. The summed E-state index contributed by atoms with van der Waals surface area (Å²) in [6.07, 6.45) is 1.80. The Hall–Kier alpha value is -1.62. The van der Waals surface area contributed by atoms with Crippen LogP contribution in [0.25, 0.3) is 0 Å². The number of carbonyl (C=O) groups is 1. The second-order valence-electron chi connectivity index (χ2n) is 5.90. The molecule has 0 aliphatic rings. The molecule has 0 atom stereocenters. The van der Waals surface area contributed by atoms with E-state index in [1.165, 1.54) is 12.1 Å². The van der Waals surface area contributed by atoms with Gasteiger partial charge in [0.25, 0.3) is 11.6 Å². The van der Waals surface area contributed by atoms with Gasteiger partial charge in [-0.25, -0.2) is 0 Å². The Morgan fingerprint density at radius 1 is 1.43 bits per heavy atom. The van der Waals surface area contributed by atoms with Crippen LogP contribution in [0.4, 0.5) is 5.69 Å². The van der Waals surface area contributed by atoms with Crippen molar-refractivity contribution in [2.45, 2.75) is 33.6 Å². The van der Waals surface area contributed by atoms with Crippen molar-refractivity contribution in [3.8, 4) is 0 Å². The highest BCUT2D eigenvalue weighted by atomic mass is 35.5. The zero-order valence-corrected chi connectivity index (χ0v) is 13.4. The maximum absolute atomic E-state index is 12.2. The Balaban J connectivity index is 2.76. The lowest BCUT2D eigenvalue weighted by molar-refractivity contribution is -0.384. The topological polar surface area (TPSA) is 72.2 Å². The Bertz CT molecular complexity index is 530. The third kappa shape index (κ3) is 5.34. The molecule has 5 nitrogen and oxygen atoms in total. The summed E-state index contributed by atoms with van der Waals surface area (Å²) in [4.78, 5) is 22.5. The number of benzene rings is 1. The number of amides is 1. The minimum absolute atomic E-state index is 0.0564. The van der Waals surface area contributed by atoms with Crippen LogP contribution in [0.5, 0.6) is 0 Å². The van der Waals surface area contributed by atoms with E-state index in [2.05, 4.69) is 19.2 Å². The van der Waals surface area contributed by atoms with Crippen molar-refractivity contribution in [3.05, 3.63) is 39.4 Å². The molecule has 0 saturated carbocycles. The summed E-state index contributed by atoms with van der Waals surface area (Å²) in [5.41, 5.74) is 0.931. The summed E-state index contributed by atoms with van der Waals surface area (Å²) in [5, 5.41) is 13.6. The Kier molecular flexibility index (Phi) is 6.15. The van der Waals surface area contributed by atoms with Gasteiger partial charge in [-0.05, 0) is 30.7 Å². The van der Waals surface area contributed by atoms with Crippen LogP contribution in [0, 0.1) is 22.5 Å². The summed E-state index contributed by atoms with van der Waals surface area (Å²) in [5.74, 6) is 0.316. The number of rotatable bonds is 7. The monoisotopic (exact) mass is 312 g/mol. The predicted molar refractivity (Wildman–Crippen MR) is 83.9 cm³/mol. The zero-order valence-electron chi connectivity index (χ0n) is 12.6. The van der Waals surface area contributed by atoms with Crippen LogP contribution in [0.3, 0.4) is 0 Å². The average Bonchev–Trinajstić information content (AvgIpc) is 2.43. The van der Waals surface area contributed by atoms with E-state index in [1.807, 2.05) is 0 Å². The van der Waals surface area contributed by atoms with Crippen LogP contribution >= 0.6 is 11.6 Å². The molecule has 0 spiro atoms. The van der Waals surface area contributed by atoms with Crippen molar-refractivity contribution in [1.29, 1.82) is 0 Å². The maximum atomic E-state index is 12.2. The van der Waals surface area contributed by atoms with Gasteiger partial charge in [-0.3, -0.25) is 14.9 Å². The Labute approximate surface area is 129 Å². The van der Waals surface area contributed by atoms with E-state index in [-0.39, 0.29) is 17.0 Å². The first-order valence-corrected chi connectivity index (χ1v) is 7.39. The highest BCUT2D eigenvalue weighted by Crippen LogP contribution is 2.22. The van der Waals surface area contributed by atoms with E-state index < -0.39 is 4.92 Å². The van der Waals surface area contributed by atoms with Crippen molar-refractivity contribution < 1.29 is 9.72 Å². The first-order chi connectivity index (χ1) is 9.76. The molecule has 0 saturated heterocycles. The molecular formula is C15H21ClN2O3. The summed E-state index contributed by atoms with van der Waals surface area (Å²) in [6, 6.07) is 4.30. The van der Waals surface area contributed by atoms with E-state index >= 15 is 0 Å². The Morgan fingerprint density at radius 2 is 2.10 bits per heavy atom. The van der Waals surface area contributed by atoms with Gasteiger partial charge in [-0.15, -0.1) is 11.6 Å². The van der Waals surface area contributed by atoms with Gasteiger partial charge in [-0.2, -0.15) is 0 Å². The molecule has 1 amide bonds. The van der Waals surface area contributed by atoms with Crippen molar-refractivity contribution in [2.75, 3.05) is 12.4 Å². The van der Waals surface area contributed by atoms with E-state index in [4.69, 9.17) is 11.6 Å². The number of alkyl halides is 1. The van der Waals surface area contributed by atoms with Gasteiger partial charge in [0.15, 0.2) is 0 Å². The van der Waals surface area contributed by atoms with Gasteiger partial charge < -0.3 is 5.32 Å². The van der Waals surface area contributed by atoms with Gasteiger partial charge in [-0.1, -0.05) is 19.9 Å². The van der Waals surface area contributed by atoms with E-state index in [0.29, 0.717) is 18.0 Å². The van der Waals surface area contributed by atoms with Crippen molar-refractivity contribution in [1.82, 2.24) is 5.32 Å². The summed E-state index contributed by atoms with van der Waals surface area (Å²) >= 11 is 5.68. The number of nitrogens with zero attached hydrogens (tertiary/aromatic N) is 1. The number of halogens is 1. The molecule has 0 bridgehead atoms. The zero-order chi connectivity index (χ0) is 16.0. The molecular weight excluding hydrogens is 292 g/mol. The molecule has 1 aromatic rings. The highest BCUT2D eigenvalue weighted by Gasteiger charge is 2.20. The van der Waals surface area contributed by atoms with Gasteiger partial charge >= 0.3 is 0 Å². The van der Waals surface area contributed by atoms with Crippen LogP contribution in [0.2, 0.25) is 0 Å². The van der Waals surface area contributed by atoms with Crippen LogP contribution < -0.4 is 5.32 Å². The Morgan fingerprint density at radius 3 is 2.67 bits per heavy atom. The largest absolute Gasteiger partial charge is 0.351 e. The lowest BCUT2D eigenvalue weighted by Gasteiger charge is -2.24. The number of nitro benzene ring substituents is 1. The standard InChI is InChI=1S/C15H21ClN2O3/c1-11-5-6-12(18(20)21)9-13(11)14(19)17-10-15(2,3)7-4-8-16/h5-6,9H,4,7-8,10H2,1-3H3,(H,17,19). The predicted octanol–water partition coefficient (Wildman–Crippen LogP) is 3.68. The van der Waals surface area contributed by atoms with Crippen molar-refractivity contribution in [3.63, 3.8) is 0 Å². The molecule has 0 aliphatic heterocycles. The number of carbonyl (C=O) groups excluding carboxylic acids is 1. The lowest BCUT2D eigenvalue weighted by Crippen LogP contribution is -2.34. The number of nitro groups is 1. The van der Waals surface area contributed by atoms with E-state index in [0.717, 1.165) is 18.4 Å². The second kappa shape index (κ2) is 7.41. The maximum Gasteiger partial charge on any atom is 0.270 e. The fourth-order valence-corrected chi connectivity index (χ4v) is 2.15. The number of hydrogen-bond acceptors (Lipinski definition) is 3. The highest BCUT2D eigenvalue weighted by molar-refractivity contribution is 6.17. The molecule has 0 fully saturated rings. The van der Waals surface area contributed by atoms with E-state index in [1.54, 1.807) is 13.0 Å². The summed E-state index contributed by atoms with van der Waals surface area (Å²) in [6.45, 7) is 6.38. The van der Waals surface area contributed by atoms with Crippen LogP contribution in [0.1, 0.15) is 42.6 Å². The SMILES string of the molecule is Cc1ccc([N+](=O)[O-])cc1C(=O)NCC(C)(C)CCCCl. The van der Waals surface area contributed by atoms with Gasteiger partial charge in [0.2, 0.25) is 0 Å². The molecule has 6 heteroatoms. The molecule has 1 N–H and O–H groups in total. The molecule has 1 rings (SSSR count). The molecule has 0 aliphatic carbocycles. The van der Waals surface area contributed by atoms with Gasteiger partial charge in [0.05, 0.1) is 4.92 Å². The lowest BCUT2D eigenvalue weighted by atomic mass is 9.88. The fraction of sp³-hybridized carbons (Fsp3) is 0.533. The average molecular weight is 313 g/mol. The third-order valence-corrected chi connectivity index (χ3v) is 3.66. The summed E-state index contributed by atoms with van der Waals surface area (Å²) in [7, 11) is 0. The van der Waals surface area contributed by atoms with Crippen LogP contribution in [-0.2, 0) is 0 Å². The van der Waals surface area contributed by atoms with E-state index in [9.17, 15) is 14.9 Å². The van der Waals surface area contributed by atoms with Gasteiger partial charge in [0.1, 0.15) is 0 Å². The quantitative estimate of drug-likeness (QED) is 0.474.